The number of aliphatic carboxylic acids is 1. The predicted octanol–water partition coefficient (Wildman–Crippen LogP) is 1.56. The van der Waals surface area contributed by atoms with Gasteiger partial charge >= 0.3 is 5.97 Å². The summed E-state index contributed by atoms with van der Waals surface area (Å²) in [7, 11) is 0. The van der Waals surface area contributed by atoms with Gasteiger partial charge in [-0.05, 0) is 13.0 Å². The third-order valence-electron chi connectivity index (χ3n) is 2.91. The standard InChI is InChI=1S/C13H10O5/c1-6-8(5-10(15)16)13(18)11-7(12(6)17)3-2-4-9(11)14/h2-4,14H,5H2,1H3,(H,15,16). The molecule has 0 atom stereocenters. The first-order valence-electron chi connectivity index (χ1n) is 5.26. The third kappa shape index (κ3) is 1.69. The molecule has 1 aromatic rings. The van der Waals surface area contributed by atoms with Crippen LogP contribution in [-0.4, -0.2) is 27.7 Å². The largest absolute Gasteiger partial charge is 0.507 e. The van der Waals surface area contributed by atoms with Crippen LogP contribution < -0.4 is 0 Å². The molecule has 0 amide bonds. The van der Waals surface area contributed by atoms with Crippen molar-refractivity contribution in [1.29, 1.82) is 0 Å². The molecule has 0 radical (unpaired) electrons. The van der Waals surface area contributed by atoms with Gasteiger partial charge in [-0.1, -0.05) is 12.1 Å². The maximum atomic E-state index is 12.1. The first-order chi connectivity index (χ1) is 8.43. The van der Waals surface area contributed by atoms with Crippen LogP contribution in [0, 0.1) is 0 Å². The van der Waals surface area contributed by atoms with E-state index in [0.717, 1.165) is 0 Å². The van der Waals surface area contributed by atoms with E-state index >= 15 is 0 Å². The van der Waals surface area contributed by atoms with E-state index in [-0.39, 0.29) is 28.0 Å². The molecule has 0 saturated heterocycles. The Bertz CT molecular complexity index is 610. The lowest BCUT2D eigenvalue weighted by Crippen LogP contribution is -2.22. The average Bonchev–Trinajstić information content (AvgIpc) is 2.31. The highest BCUT2D eigenvalue weighted by molar-refractivity contribution is 6.28. The molecular weight excluding hydrogens is 236 g/mol. The van der Waals surface area contributed by atoms with Crippen molar-refractivity contribution in [3.8, 4) is 5.75 Å². The number of aromatic hydroxyl groups is 1. The number of rotatable bonds is 2. The zero-order valence-corrected chi connectivity index (χ0v) is 9.56. The van der Waals surface area contributed by atoms with Crippen molar-refractivity contribution >= 4 is 17.5 Å². The van der Waals surface area contributed by atoms with Gasteiger partial charge in [0.05, 0.1) is 12.0 Å². The van der Waals surface area contributed by atoms with Crippen LogP contribution >= 0.6 is 0 Å². The van der Waals surface area contributed by atoms with Gasteiger partial charge in [0.2, 0.25) is 0 Å². The van der Waals surface area contributed by atoms with E-state index in [0.29, 0.717) is 0 Å². The molecule has 0 aliphatic heterocycles. The van der Waals surface area contributed by atoms with Crippen LogP contribution in [0.2, 0.25) is 0 Å². The molecule has 0 spiro atoms. The van der Waals surface area contributed by atoms with Crippen molar-refractivity contribution in [3.05, 3.63) is 40.5 Å². The second kappa shape index (κ2) is 4.10. The molecule has 0 unspecified atom stereocenters. The topological polar surface area (TPSA) is 91.7 Å². The summed E-state index contributed by atoms with van der Waals surface area (Å²) < 4.78 is 0. The minimum atomic E-state index is -1.19. The van der Waals surface area contributed by atoms with Crippen LogP contribution in [0.3, 0.4) is 0 Å². The van der Waals surface area contributed by atoms with Crippen molar-refractivity contribution in [1.82, 2.24) is 0 Å². The second-order valence-corrected chi connectivity index (χ2v) is 4.03. The predicted molar refractivity (Wildman–Crippen MR) is 61.7 cm³/mol. The Morgan fingerprint density at radius 1 is 1.22 bits per heavy atom. The fraction of sp³-hybridized carbons (Fsp3) is 0.154. The lowest BCUT2D eigenvalue weighted by Gasteiger charge is -2.18. The molecule has 0 bridgehead atoms. The summed E-state index contributed by atoms with van der Waals surface area (Å²) in [5.74, 6) is -2.51. The van der Waals surface area contributed by atoms with Crippen LogP contribution in [0.1, 0.15) is 34.1 Å². The second-order valence-electron chi connectivity index (χ2n) is 4.03. The highest BCUT2D eigenvalue weighted by Crippen LogP contribution is 2.32. The van der Waals surface area contributed by atoms with Gasteiger partial charge in [0.1, 0.15) is 5.75 Å². The normalized spacial score (nSPS) is 14.7. The minimum absolute atomic E-state index is 0.0681. The van der Waals surface area contributed by atoms with Gasteiger partial charge < -0.3 is 10.2 Å². The quantitative estimate of drug-likeness (QED) is 0.826. The number of hydrogen-bond donors (Lipinski definition) is 2. The van der Waals surface area contributed by atoms with E-state index in [1.54, 1.807) is 0 Å². The van der Waals surface area contributed by atoms with E-state index in [1.807, 2.05) is 0 Å². The highest BCUT2D eigenvalue weighted by Gasteiger charge is 2.32. The fourth-order valence-electron chi connectivity index (χ4n) is 1.99. The van der Waals surface area contributed by atoms with Crippen LogP contribution in [0.5, 0.6) is 5.75 Å². The molecular formula is C13H10O5. The Labute approximate surface area is 102 Å². The smallest absolute Gasteiger partial charge is 0.307 e. The van der Waals surface area contributed by atoms with Crippen LogP contribution in [0.15, 0.2) is 29.3 Å². The van der Waals surface area contributed by atoms with Crippen LogP contribution in [0.4, 0.5) is 0 Å². The van der Waals surface area contributed by atoms with Gasteiger partial charge in [-0.15, -0.1) is 0 Å². The number of phenolic OH excluding ortho intramolecular Hbond substituents is 1. The van der Waals surface area contributed by atoms with Gasteiger partial charge in [-0.2, -0.15) is 0 Å². The highest BCUT2D eigenvalue weighted by atomic mass is 16.4. The number of hydrogen-bond acceptors (Lipinski definition) is 4. The first-order valence-corrected chi connectivity index (χ1v) is 5.26. The van der Waals surface area contributed by atoms with Crippen LogP contribution in [-0.2, 0) is 4.79 Å². The first kappa shape index (κ1) is 12.0. The summed E-state index contributed by atoms with van der Waals surface area (Å²) in [6.45, 7) is 1.42. The Hall–Kier alpha value is -2.43. The number of fused-ring (bicyclic) bond motifs is 1. The summed E-state index contributed by atoms with van der Waals surface area (Å²) in [5.41, 5.74) is 0.0676. The number of ketones is 2. The molecule has 18 heavy (non-hydrogen) atoms. The summed E-state index contributed by atoms with van der Waals surface area (Å²) in [4.78, 5) is 34.8. The van der Waals surface area contributed by atoms with E-state index in [4.69, 9.17) is 5.11 Å². The minimum Gasteiger partial charge on any atom is -0.507 e. The average molecular weight is 246 g/mol. The molecule has 0 heterocycles. The Kier molecular flexibility index (Phi) is 2.74. The number of carboxylic acids is 1. The lowest BCUT2D eigenvalue weighted by molar-refractivity contribution is -0.136. The third-order valence-corrected chi connectivity index (χ3v) is 2.91. The molecule has 0 fully saturated rings. The molecule has 5 heteroatoms. The lowest BCUT2D eigenvalue weighted by atomic mass is 9.83. The van der Waals surface area contributed by atoms with Gasteiger partial charge in [-0.25, -0.2) is 0 Å². The zero-order chi connectivity index (χ0) is 13.4. The van der Waals surface area contributed by atoms with Crippen molar-refractivity contribution in [2.45, 2.75) is 13.3 Å². The zero-order valence-electron chi connectivity index (χ0n) is 9.56. The fourth-order valence-corrected chi connectivity index (χ4v) is 1.99. The van der Waals surface area contributed by atoms with Crippen molar-refractivity contribution in [2.24, 2.45) is 0 Å². The molecule has 1 aromatic carbocycles. The summed E-state index contributed by atoms with van der Waals surface area (Å²) >= 11 is 0. The molecule has 2 rings (SSSR count). The Morgan fingerprint density at radius 2 is 1.89 bits per heavy atom. The van der Waals surface area contributed by atoms with Gasteiger partial charge in [0.15, 0.2) is 11.6 Å². The molecule has 2 N–H and O–H groups in total. The number of phenols is 1. The Balaban J connectivity index is 2.64. The van der Waals surface area contributed by atoms with Gasteiger partial charge in [-0.3, -0.25) is 14.4 Å². The van der Waals surface area contributed by atoms with E-state index in [9.17, 15) is 19.5 Å². The van der Waals surface area contributed by atoms with Crippen molar-refractivity contribution in [3.63, 3.8) is 0 Å². The number of carboxylic acid groups (broad SMARTS) is 1. The molecule has 92 valence electrons. The van der Waals surface area contributed by atoms with Gasteiger partial charge in [0.25, 0.3) is 0 Å². The number of allylic oxidation sites excluding steroid dienone is 1. The number of carbonyl (C=O) groups is 3. The number of carbonyl (C=O) groups excluding carboxylic acids is 2. The van der Waals surface area contributed by atoms with Crippen molar-refractivity contribution < 1.29 is 24.6 Å². The SMILES string of the molecule is CC1=C(CC(=O)O)C(=O)c2c(O)cccc2C1=O. The molecule has 1 aliphatic rings. The number of Topliss-reactive ketones (excluding diaryl/α,β-unsaturated/α-hetero) is 2. The Morgan fingerprint density at radius 3 is 2.50 bits per heavy atom. The molecule has 0 saturated carbocycles. The summed E-state index contributed by atoms with van der Waals surface area (Å²) in [5, 5.41) is 18.4. The van der Waals surface area contributed by atoms with E-state index in [1.165, 1.54) is 25.1 Å². The van der Waals surface area contributed by atoms with Crippen LogP contribution in [0.25, 0.3) is 0 Å². The number of benzene rings is 1. The maximum absolute atomic E-state index is 12.1. The van der Waals surface area contributed by atoms with Crippen molar-refractivity contribution in [2.75, 3.05) is 0 Å². The summed E-state index contributed by atoms with van der Waals surface area (Å²) in [6, 6.07) is 4.20. The van der Waals surface area contributed by atoms with E-state index < -0.39 is 24.0 Å². The van der Waals surface area contributed by atoms with E-state index in [2.05, 4.69) is 0 Å². The monoisotopic (exact) mass is 246 g/mol. The molecule has 5 nitrogen and oxygen atoms in total. The summed E-state index contributed by atoms with van der Waals surface area (Å²) in [6.07, 6.45) is -0.524. The maximum Gasteiger partial charge on any atom is 0.307 e. The molecule has 1 aliphatic carbocycles. The molecule has 0 aromatic heterocycles. The van der Waals surface area contributed by atoms with Gasteiger partial charge in [0, 0.05) is 16.7 Å².